The molecular weight excluding hydrogens is 199 g/mol. The van der Waals surface area contributed by atoms with E-state index in [-0.39, 0.29) is 5.82 Å². The van der Waals surface area contributed by atoms with Crippen LogP contribution in [0.3, 0.4) is 0 Å². The van der Waals surface area contributed by atoms with Gasteiger partial charge in [-0.15, -0.1) is 11.3 Å². The first-order valence-electron chi connectivity index (χ1n) is 4.12. The summed E-state index contributed by atoms with van der Waals surface area (Å²) >= 11 is 1.43. The average Bonchev–Trinajstić information content (AvgIpc) is 2.51. The van der Waals surface area contributed by atoms with Crippen LogP contribution in [0.25, 0.3) is 10.2 Å². The Balaban J connectivity index is 2.53. The summed E-state index contributed by atoms with van der Waals surface area (Å²) in [6.07, 6.45) is 0. The quantitative estimate of drug-likeness (QED) is 0.818. The molecule has 0 saturated carbocycles. The topological polar surface area (TPSA) is 24.9 Å². The van der Waals surface area contributed by atoms with Crippen LogP contribution in [0.2, 0.25) is 0 Å². The highest BCUT2D eigenvalue weighted by molar-refractivity contribution is 7.16. The number of nitrogens with zero attached hydrogens (tertiary/aromatic N) is 1. The molecule has 0 aliphatic carbocycles. The molecule has 2 nitrogen and oxygen atoms in total. The van der Waals surface area contributed by atoms with Gasteiger partial charge in [-0.3, -0.25) is 0 Å². The summed E-state index contributed by atoms with van der Waals surface area (Å²) in [6, 6.07) is 3.17. The Hall–Kier alpha value is -1.42. The first-order valence-corrected chi connectivity index (χ1v) is 5.00. The molecule has 0 saturated heterocycles. The van der Waals surface area contributed by atoms with Crippen molar-refractivity contribution in [3.8, 4) is 0 Å². The molecule has 0 aliphatic heterocycles. The van der Waals surface area contributed by atoms with Crippen molar-refractivity contribution in [3.63, 3.8) is 0 Å². The summed E-state index contributed by atoms with van der Waals surface area (Å²) in [5, 5.41) is 2.85. The van der Waals surface area contributed by atoms with E-state index in [0.717, 1.165) is 10.2 Å². The summed E-state index contributed by atoms with van der Waals surface area (Å²) in [5.74, 6) is -0.273. The highest BCUT2D eigenvalue weighted by Gasteiger charge is 2.05. The number of halogens is 1. The van der Waals surface area contributed by atoms with Gasteiger partial charge in [-0.2, -0.15) is 0 Å². The largest absolute Gasteiger partial charge is 0.357 e. The first-order chi connectivity index (χ1) is 6.66. The van der Waals surface area contributed by atoms with Gasteiger partial charge in [0.15, 0.2) is 0 Å². The van der Waals surface area contributed by atoms with E-state index >= 15 is 0 Å². The Bertz CT molecular complexity index is 490. The predicted molar refractivity (Wildman–Crippen MR) is 58.0 cm³/mol. The summed E-state index contributed by atoms with van der Waals surface area (Å²) in [6.45, 7) is 5.45. The van der Waals surface area contributed by atoms with Crippen LogP contribution in [-0.4, -0.2) is 4.98 Å². The van der Waals surface area contributed by atoms with Crippen LogP contribution in [0.5, 0.6) is 0 Å². The molecule has 0 unspecified atom stereocenters. The number of fused-ring (bicyclic) bond motifs is 1. The van der Waals surface area contributed by atoms with Crippen LogP contribution in [-0.2, 0) is 0 Å². The third-order valence-corrected chi connectivity index (χ3v) is 2.56. The third kappa shape index (κ3) is 1.61. The van der Waals surface area contributed by atoms with Gasteiger partial charge in [-0.25, -0.2) is 9.37 Å². The minimum atomic E-state index is -0.273. The monoisotopic (exact) mass is 208 g/mol. The lowest BCUT2D eigenvalue weighted by Crippen LogP contribution is -1.96. The van der Waals surface area contributed by atoms with Crippen molar-refractivity contribution >= 4 is 27.2 Å². The number of rotatable bonds is 2. The van der Waals surface area contributed by atoms with Gasteiger partial charge >= 0.3 is 0 Å². The minimum Gasteiger partial charge on any atom is -0.357 e. The summed E-state index contributed by atoms with van der Waals surface area (Å²) in [7, 11) is 0. The van der Waals surface area contributed by atoms with Crippen LogP contribution in [0.1, 0.15) is 6.92 Å². The summed E-state index contributed by atoms with van der Waals surface area (Å²) in [4.78, 5) is 4.11. The maximum Gasteiger partial charge on any atom is 0.148 e. The maximum absolute atomic E-state index is 13.4. The SMILES string of the molecule is C=C(C)Nc1cc2ncsc2cc1F. The zero-order valence-electron chi connectivity index (χ0n) is 7.67. The molecule has 1 aromatic carbocycles. The van der Waals surface area contributed by atoms with Crippen molar-refractivity contribution in [3.05, 3.63) is 35.7 Å². The molecule has 0 amide bonds. The van der Waals surface area contributed by atoms with Crippen molar-refractivity contribution in [1.29, 1.82) is 0 Å². The fourth-order valence-electron chi connectivity index (χ4n) is 1.20. The predicted octanol–water partition coefficient (Wildman–Crippen LogP) is 3.38. The highest BCUT2D eigenvalue weighted by atomic mass is 32.1. The van der Waals surface area contributed by atoms with Gasteiger partial charge in [0.1, 0.15) is 5.82 Å². The lowest BCUT2D eigenvalue weighted by atomic mass is 10.2. The zero-order chi connectivity index (χ0) is 10.1. The van der Waals surface area contributed by atoms with Crippen LogP contribution in [0, 0.1) is 5.82 Å². The molecule has 72 valence electrons. The lowest BCUT2D eigenvalue weighted by molar-refractivity contribution is 0.633. The van der Waals surface area contributed by atoms with Crippen LogP contribution >= 0.6 is 11.3 Å². The van der Waals surface area contributed by atoms with E-state index in [1.54, 1.807) is 18.5 Å². The molecular formula is C10H9FN2S. The molecule has 2 aromatic rings. The highest BCUT2D eigenvalue weighted by Crippen LogP contribution is 2.25. The number of thiazole rings is 1. The molecule has 0 radical (unpaired) electrons. The van der Waals surface area contributed by atoms with Gasteiger partial charge in [0.05, 0.1) is 21.4 Å². The number of allylic oxidation sites excluding steroid dienone is 1. The van der Waals surface area contributed by atoms with Gasteiger partial charge in [0, 0.05) is 5.70 Å². The minimum absolute atomic E-state index is 0.273. The van der Waals surface area contributed by atoms with Gasteiger partial charge < -0.3 is 5.32 Å². The average molecular weight is 208 g/mol. The van der Waals surface area contributed by atoms with E-state index in [1.807, 2.05) is 0 Å². The number of benzene rings is 1. The number of aromatic nitrogens is 1. The second-order valence-electron chi connectivity index (χ2n) is 3.06. The number of hydrogen-bond acceptors (Lipinski definition) is 3. The molecule has 1 aromatic heterocycles. The molecule has 0 bridgehead atoms. The van der Waals surface area contributed by atoms with E-state index in [0.29, 0.717) is 11.4 Å². The molecule has 0 aliphatic rings. The molecule has 0 spiro atoms. The first kappa shape index (κ1) is 9.15. The van der Waals surface area contributed by atoms with Crippen molar-refractivity contribution in [2.24, 2.45) is 0 Å². The Morgan fingerprint density at radius 2 is 2.36 bits per heavy atom. The Labute approximate surface area is 85.1 Å². The van der Waals surface area contributed by atoms with Crippen molar-refractivity contribution in [1.82, 2.24) is 4.98 Å². The van der Waals surface area contributed by atoms with E-state index in [4.69, 9.17) is 0 Å². The normalized spacial score (nSPS) is 10.4. The number of nitrogens with one attached hydrogen (secondary N) is 1. The lowest BCUT2D eigenvalue weighted by Gasteiger charge is -2.05. The second kappa shape index (κ2) is 3.38. The number of anilines is 1. The molecule has 2 rings (SSSR count). The molecule has 1 N–H and O–H groups in total. The zero-order valence-corrected chi connectivity index (χ0v) is 8.49. The Morgan fingerprint density at radius 3 is 3.07 bits per heavy atom. The third-order valence-electron chi connectivity index (χ3n) is 1.77. The van der Waals surface area contributed by atoms with E-state index < -0.39 is 0 Å². The smallest absolute Gasteiger partial charge is 0.148 e. The standard InChI is InChI=1S/C10H9FN2S/c1-6(2)13-8-4-9-10(3-7(8)11)14-5-12-9/h3-5,13H,1H2,2H3. The van der Waals surface area contributed by atoms with E-state index in [2.05, 4.69) is 16.9 Å². The maximum atomic E-state index is 13.4. The summed E-state index contributed by atoms with van der Waals surface area (Å²) < 4.78 is 14.3. The van der Waals surface area contributed by atoms with Crippen LogP contribution < -0.4 is 5.32 Å². The Morgan fingerprint density at radius 1 is 1.57 bits per heavy atom. The van der Waals surface area contributed by atoms with Crippen molar-refractivity contribution < 1.29 is 4.39 Å². The molecule has 0 fully saturated rings. The Kier molecular flexibility index (Phi) is 2.21. The van der Waals surface area contributed by atoms with Gasteiger partial charge in [-0.05, 0) is 19.1 Å². The van der Waals surface area contributed by atoms with Crippen LogP contribution in [0.15, 0.2) is 29.9 Å². The molecule has 4 heteroatoms. The van der Waals surface area contributed by atoms with Gasteiger partial charge in [0.25, 0.3) is 0 Å². The fourth-order valence-corrected chi connectivity index (χ4v) is 1.89. The second-order valence-corrected chi connectivity index (χ2v) is 3.94. The molecule has 1 heterocycles. The number of hydrogen-bond donors (Lipinski definition) is 1. The van der Waals surface area contributed by atoms with Crippen molar-refractivity contribution in [2.75, 3.05) is 5.32 Å². The fraction of sp³-hybridized carbons (Fsp3) is 0.100. The van der Waals surface area contributed by atoms with E-state index in [1.165, 1.54) is 17.4 Å². The van der Waals surface area contributed by atoms with E-state index in [9.17, 15) is 4.39 Å². The molecule has 0 atom stereocenters. The van der Waals surface area contributed by atoms with Crippen LogP contribution in [0.4, 0.5) is 10.1 Å². The summed E-state index contributed by atoms with van der Waals surface area (Å²) in [5.41, 5.74) is 3.64. The van der Waals surface area contributed by atoms with Gasteiger partial charge in [0.2, 0.25) is 0 Å². The van der Waals surface area contributed by atoms with Crippen molar-refractivity contribution in [2.45, 2.75) is 6.92 Å². The molecule has 14 heavy (non-hydrogen) atoms. The van der Waals surface area contributed by atoms with Gasteiger partial charge in [-0.1, -0.05) is 6.58 Å².